The minimum absolute atomic E-state index is 0.200. The zero-order chi connectivity index (χ0) is 20.5. The third-order valence-electron chi connectivity index (χ3n) is 4.56. The van der Waals surface area contributed by atoms with Crippen LogP contribution in [0, 0.1) is 16.3 Å². The summed E-state index contributed by atoms with van der Waals surface area (Å²) in [6.07, 6.45) is 1.50. The highest BCUT2D eigenvalue weighted by molar-refractivity contribution is 14.1. The Balaban J connectivity index is 1.87. The van der Waals surface area contributed by atoms with E-state index in [9.17, 15) is 9.18 Å². The molecular formula is C23H15BrFIN2O. The Labute approximate surface area is 190 Å². The van der Waals surface area contributed by atoms with E-state index >= 15 is 0 Å². The molecule has 144 valence electrons. The fraction of sp³-hybridized carbons (Fsp3) is 0.0435. The van der Waals surface area contributed by atoms with Crippen molar-refractivity contribution in [2.24, 2.45) is 4.99 Å². The van der Waals surface area contributed by atoms with E-state index in [2.05, 4.69) is 43.5 Å². The first-order valence-electron chi connectivity index (χ1n) is 8.85. The summed E-state index contributed by atoms with van der Waals surface area (Å²) >= 11 is 5.68. The molecule has 0 atom stereocenters. The highest BCUT2D eigenvalue weighted by Gasteiger charge is 2.33. The fourth-order valence-electron chi connectivity index (χ4n) is 3.14. The quantitative estimate of drug-likeness (QED) is 0.272. The average Bonchev–Trinajstić information content (AvgIpc) is 3.01. The molecule has 0 saturated carbocycles. The van der Waals surface area contributed by atoms with Gasteiger partial charge in [-0.15, -0.1) is 0 Å². The van der Waals surface area contributed by atoms with Gasteiger partial charge in [-0.1, -0.05) is 46.3 Å². The van der Waals surface area contributed by atoms with Crippen molar-refractivity contribution in [3.8, 4) is 0 Å². The van der Waals surface area contributed by atoms with Crippen LogP contribution >= 0.6 is 38.5 Å². The summed E-state index contributed by atoms with van der Waals surface area (Å²) in [6.45, 7) is 1.96. The number of carbonyl (C=O) groups excluding carboxylic acids is 1. The maximum Gasteiger partial charge on any atom is 0.282 e. The molecule has 0 N–H and O–H groups in total. The van der Waals surface area contributed by atoms with Gasteiger partial charge in [-0.05, 0) is 77.6 Å². The number of amides is 1. The van der Waals surface area contributed by atoms with Crippen LogP contribution in [0.25, 0.3) is 6.08 Å². The van der Waals surface area contributed by atoms with Crippen molar-refractivity contribution in [2.45, 2.75) is 6.92 Å². The smallest absolute Gasteiger partial charge is 0.266 e. The lowest BCUT2D eigenvalue weighted by Gasteiger charge is -2.21. The molecule has 0 aliphatic carbocycles. The van der Waals surface area contributed by atoms with Gasteiger partial charge in [0.15, 0.2) is 0 Å². The van der Waals surface area contributed by atoms with E-state index in [0.717, 1.165) is 24.9 Å². The summed E-state index contributed by atoms with van der Waals surface area (Å²) < 4.78 is 16.2. The summed E-state index contributed by atoms with van der Waals surface area (Å²) in [5, 5.41) is 0. The lowest BCUT2D eigenvalue weighted by atomic mass is 10.1. The number of nitrogens with zero attached hydrogens (tertiary/aromatic N) is 2. The molecular weight excluding hydrogens is 546 g/mol. The molecule has 6 heteroatoms. The van der Waals surface area contributed by atoms with Gasteiger partial charge in [0.1, 0.15) is 17.3 Å². The van der Waals surface area contributed by atoms with Crippen molar-refractivity contribution < 1.29 is 9.18 Å². The Kier molecular flexibility index (Phi) is 5.65. The van der Waals surface area contributed by atoms with Crippen molar-refractivity contribution in [1.82, 2.24) is 0 Å². The Hall–Kier alpha value is -2.32. The minimum Gasteiger partial charge on any atom is -0.266 e. The Bertz CT molecular complexity index is 1170. The molecule has 0 radical (unpaired) electrons. The second kappa shape index (κ2) is 8.20. The van der Waals surface area contributed by atoms with Gasteiger partial charge in [0.25, 0.3) is 5.91 Å². The minimum atomic E-state index is -0.392. The zero-order valence-electron chi connectivity index (χ0n) is 15.4. The van der Waals surface area contributed by atoms with Crippen LogP contribution in [0.2, 0.25) is 0 Å². The van der Waals surface area contributed by atoms with Gasteiger partial charge in [-0.2, -0.15) is 0 Å². The van der Waals surface area contributed by atoms with Crippen LogP contribution in [0.3, 0.4) is 0 Å². The molecule has 1 amide bonds. The Morgan fingerprint density at radius 3 is 2.48 bits per heavy atom. The summed E-state index contributed by atoms with van der Waals surface area (Å²) in [6, 6.07) is 19.8. The first-order valence-corrected chi connectivity index (χ1v) is 10.7. The lowest BCUT2D eigenvalue weighted by molar-refractivity contribution is -0.113. The summed E-state index contributed by atoms with van der Waals surface area (Å²) in [5.74, 6) is -0.151. The molecule has 3 aromatic rings. The van der Waals surface area contributed by atoms with E-state index in [1.807, 2.05) is 49.4 Å². The van der Waals surface area contributed by atoms with Crippen LogP contribution in [0.5, 0.6) is 0 Å². The lowest BCUT2D eigenvalue weighted by Crippen LogP contribution is -2.33. The molecule has 1 aliphatic heterocycles. The van der Waals surface area contributed by atoms with Crippen LogP contribution in [0.4, 0.5) is 10.1 Å². The number of rotatable bonds is 3. The number of halogens is 3. The number of aryl methyl sites for hydroxylation is 1. The molecule has 1 heterocycles. The second-order valence-electron chi connectivity index (χ2n) is 6.56. The van der Waals surface area contributed by atoms with Gasteiger partial charge in [0, 0.05) is 19.2 Å². The molecule has 29 heavy (non-hydrogen) atoms. The van der Waals surface area contributed by atoms with Gasteiger partial charge in [-0.3, -0.25) is 9.69 Å². The Morgan fingerprint density at radius 2 is 1.79 bits per heavy atom. The van der Waals surface area contributed by atoms with E-state index in [1.54, 1.807) is 23.1 Å². The average molecular weight is 561 g/mol. The van der Waals surface area contributed by atoms with Crippen LogP contribution < -0.4 is 4.90 Å². The van der Waals surface area contributed by atoms with Crippen LogP contribution in [0.1, 0.15) is 16.7 Å². The van der Waals surface area contributed by atoms with Crippen LogP contribution in [-0.4, -0.2) is 11.7 Å². The zero-order valence-corrected chi connectivity index (χ0v) is 19.1. The second-order valence-corrected chi connectivity index (χ2v) is 8.73. The number of benzene rings is 3. The molecule has 0 spiro atoms. The van der Waals surface area contributed by atoms with Crippen LogP contribution in [-0.2, 0) is 4.79 Å². The molecule has 0 fully saturated rings. The van der Waals surface area contributed by atoms with Gasteiger partial charge in [0.2, 0.25) is 0 Å². The van der Waals surface area contributed by atoms with E-state index in [1.165, 1.54) is 12.1 Å². The predicted octanol–water partition coefficient (Wildman–Crippen LogP) is 6.34. The molecule has 0 unspecified atom stereocenters. The molecule has 1 aliphatic rings. The van der Waals surface area contributed by atoms with E-state index in [0.29, 0.717) is 11.4 Å². The summed E-state index contributed by atoms with van der Waals surface area (Å²) in [5.41, 5.74) is 3.05. The molecule has 0 bridgehead atoms. The SMILES string of the molecule is Cc1cc(I)ccc1N1C(=O)C(=Cc2ccccc2F)N=C1c1ccc(Br)cc1. The number of hydrogen-bond donors (Lipinski definition) is 0. The van der Waals surface area contributed by atoms with Crippen molar-refractivity contribution in [1.29, 1.82) is 0 Å². The number of carbonyl (C=O) groups is 1. The van der Waals surface area contributed by atoms with E-state index in [4.69, 9.17) is 0 Å². The maximum absolute atomic E-state index is 14.1. The standard InChI is InChI=1S/C23H15BrFIN2O/c1-14-12-18(26)10-11-21(14)28-22(15-6-8-17(24)9-7-15)27-20(23(28)29)13-16-4-2-3-5-19(16)25/h2-13H,1H3. The Morgan fingerprint density at radius 1 is 1.07 bits per heavy atom. The highest BCUT2D eigenvalue weighted by atomic mass is 127. The largest absolute Gasteiger partial charge is 0.282 e. The third-order valence-corrected chi connectivity index (χ3v) is 5.76. The monoisotopic (exact) mass is 560 g/mol. The number of amidine groups is 1. The topological polar surface area (TPSA) is 32.7 Å². The van der Waals surface area contributed by atoms with Crippen molar-refractivity contribution in [3.63, 3.8) is 0 Å². The first-order chi connectivity index (χ1) is 13.9. The number of aliphatic imine (C=N–C) groups is 1. The first kappa shape index (κ1) is 20.0. The normalized spacial score (nSPS) is 15.2. The highest BCUT2D eigenvalue weighted by Crippen LogP contribution is 2.31. The van der Waals surface area contributed by atoms with E-state index < -0.39 is 5.82 Å². The number of anilines is 1. The molecule has 3 nitrogen and oxygen atoms in total. The molecule has 0 aromatic heterocycles. The fourth-order valence-corrected chi connectivity index (χ4v) is 4.05. The van der Waals surface area contributed by atoms with Crippen molar-refractivity contribution in [2.75, 3.05) is 4.90 Å². The predicted molar refractivity (Wildman–Crippen MR) is 126 cm³/mol. The molecule has 3 aromatic carbocycles. The van der Waals surface area contributed by atoms with Crippen molar-refractivity contribution in [3.05, 3.63) is 103 Å². The van der Waals surface area contributed by atoms with Gasteiger partial charge in [0.05, 0.1) is 5.69 Å². The van der Waals surface area contributed by atoms with Crippen molar-refractivity contribution >= 4 is 62.0 Å². The number of hydrogen-bond acceptors (Lipinski definition) is 2. The van der Waals surface area contributed by atoms with Crippen LogP contribution in [0.15, 0.2) is 81.9 Å². The van der Waals surface area contributed by atoms with Gasteiger partial charge >= 0.3 is 0 Å². The van der Waals surface area contributed by atoms with E-state index in [-0.39, 0.29) is 11.6 Å². The summed E-state index contributed by atoms with van der Waals surface area (Å²) in [7, 11) is 0. The molecule has 0 saturated heterocycles. The van der Waals surface area contributed by atoms with Gasteiger partial charge < -0.3 is 0 Å². The summed E-state index contributed by atoms with van der Waals surface area (Å²) in [4.78, 5) is 19.5. The third kappa shape index (κ3) is 4.04. The maximum atomic E-state index is 14.1. The molecule has 4 rings (SSSR count). The van der Waals surface area contributed by atoms with Gasteiger partial charge in [-0.25, -0.2) is 9.38 Å².